The molecule has 112 valence electrons. The third-order valence-electron chi connectivity index (χ3n) is 3.79. The first kappa shape index (κ1) is 15.7. The number of benzene rings is 1. The fraction of sp³-hybridized carbons (Fsp3) is 0.600. The van der Waals surface area contributed by atoms with E-state index in [9.17, 15) is 8.78 Å². The van der Waals surface area contributed by atoms with Crippen LogP contribution in [0, 0.1) is 17.6 Å². The molecule has 2 rings (SSSR count). The van der Waals surface area contributed by atoms with Gasteiger partial charge in [-0.15, -0.1) is 0 Å². The third-order valence-corrected chi connectivity index (χ3v) is 4.43. The molecule has 0 radical (unpaired) electrons. The van der Waals surface area contributed by atoms with E-state index in [1.807, 2.05) is 4.90 Å². The summed E-state index contributed by atoms with van der Waals surface area (Å²) in [5.74, 6) is -0.287. The quantitative estimate of drug-likeness (QED) is 0.768. The Bertz CT molecular complexity index is 434. The van der Waals surface area contributed by atoms with Crippen LogP contribution in [0.4, 0.5) is 14.5 Å². The molecule has 2 nitrogen and oxygen atoms in total. The molecule has 1 saturated heterocycles. The summed E-state index contributed by atoms with van der Waals surface area (Å²) in [6.07, 6.45) is 1.97. The summed E-state index contributed by atoms with van der Waals surface area (Å²) in [6.45, 7) is 2.49. The minimum Gasteiger partial charge on any atom is -0.367 e. The van der Waals surface area contributed by atoms with Gasteiger partial charge in [0.05, 0.1) is 0 Å². The van der Waals surface area contributed by atoms with Crippen molar-refractivity contribution in [2.24, 2.45) is 5.92 Å². The van der Waals surface area contributed by atoms with Crippen LogP contribution in [0.3, 0.4) is 0 Å². The zero-order valence-electron chi connectivity index (χ0n) is 12.0. The van der Waals surface area contributed by atoms with Crippen molar-refractivity contribution in [3.63, 3.8) is 0 Å². The van der Waals surface area contributed by atoms with E-state index in [1.165, 1.54) is 12.1 Å². The van der Waals surface area contributed by atoms with E-state index in [4.69, 9.17) is 0 Å². The molecule has 0 unspecified atom stereocenters. The zero-order chi connectivity index (χ0) is 14.7. The highest BCUT2D eigenvalue weighted by atomic mass is 79.9. The second-order valence-corrected chi connectivity index (χ2v) is 6.30. The fourth-order valence-corrected chi connectivity index (χ4v) is 3.18. The smallest absolute Gasteiger partial charge is 0.149 e. The largest absolute Gasteiger partial charge is 0.367 e. The number of hydrogen-bond acceptors (Lipinski definition) is 2. The van der Waals surface area contributed by atoms with E-state index in [1.54, 1.807) is 0 Å². The van der Waals surface area contributed by atoms with Crippen molar-refractivity contribution in [1.29, 1.82) is 0 Å². The number of halogens is 3. The predicted octanol–water partition coefficient (Wildman–Crippen LogP) is 3.64. The molecular formula is C15H21BrF2N2. The van der Waals surface area contributed by atoms with Gasteiger partial charge in [-0.25, -0.2) is 8.78 Å². The first-order valence-electron chi connectivity index (χ1n) is 6.94. The first-order valence-corrected chi connectivity index (χ1v) is 8.07. The average molecular weight is 347 g/mol. The molecule has 0 N–H and O–H groups in total. The Balaban J connectivity index is 2.07. The van der Waals surface area contributed by atoms with Gasteiger partial charge in [0.25, 0.3) is 0 Å². The van der Waals surface area contributed by atoms with Crippen molar-refractivity contribution in [1.82, 2.24) is 4.90 Å². The summed E-state index contributed by atoms with van der Waals surface area (Å²) in [5.41, 5.74) is 0.768. The lowest BCUT2D eigenvalue weighted by molar-refractivity contribution is 0.284. The molecule has 1 fully saturated rings. The van der Waals surface area contributed by atoms with Crippen molar-refractivity contribution >= 4 is 21.6 Å². The van der Waals surface area contributed by atoms with Crippen LogP contribution >= 0.6 is 15.9 Å². The molecule has 1 heterocycles. The summed E-state index contributed by atoms with van der Waals surface area (Å²) in [5, 5.41) is 0.464. The van der Waals surface area contributed by atoms with Gasteiger partial charge >= 0.3 is 0 Å². The van der Waals surface area contributed by atoms with Gasteiger partial charge in [-0.1, -0.05) is 15.9 Å². The number of piperidine rings is 1. The lowest BCUT2D eigenvalue weighted by atomic mass is 9.96. The minimum atomic E-state index is -0.453. The topological polar surface area (TPSA) is 6.48 Å². The Morgan fingerprint density at radius 2 is 1.75 bits per heavy atom. The SMILES string of the molecule is CN(C)CC1CCN(c2c(F)cc(CBr)cc2F)CC1. The lowest BCUT2D eigenvalue weighted by Gasteiger charge is -2.35. The van der Waals surface area contributed by atoms with Gasteiger partial charge in [0.15, 0.2) is 0 Å². The Kier molecular flexibility index (Phi) is 5.38. The van der Waals surface area contributed by atoms with Crippen molar-refractivity contribution in [3.05, 3.63) is 29.3 Å². The molecule has 0 saturated carbocycles. The van der Waals surface area contributed by atoms with Crippen LogP contribution in [0.1, 0.15) is 18.4 Å². The molecule has 5 heteroatoms. The summed E-state index contributed by atoms with van der Waals surface area (Å²) in [6, 6.07) is 2.83. The summed E-state index contributed by atoms with van der Waals surface area (Å²) < 4.78 is 28.2. The highest BCUT2D eigenvalue weighted by Gasteiger charge is 2.24. The Labute approximate surface area is 127 Å². The molecule has 1 aliphatic rings. The molecule has 1 aliphatic heterocycles. The van der Waals surface area contributed by atoms with Gasteiger partial charge in [0.1, 0.15) is 17.3 Å². The van der Waals surface area contributed by atoms with E-state index in [2.05, 4.69) is 34.9 Å². The van der Waals surface area contributed by atoms with E-state index in [0.29, 0.717) is 16.8 Å². The van der Waals surface area contributed by atoms with Crippen LogP contribution < -0.4 is 4.90 Å². The first-order chi connectivity index (χ1) is 9.51. The van der Waals surface area contributed by atoms with Crippen molar-refractivity contribution in [2.75, 3.05) is 38.6 Å². The molecule has 1 aromatic rings. The maximum absolute atomic E-state index is 14.1. The van der Waals surface area contributed by atoms with Crippen molar-refractivity contribution in [3.8, 4) is 0 Å². The summed E-state index contributed by atoms with van der Waals surface area (Å²) in [4.78, 5) is 4.02. The number of nitrogens with zero attached hydrogens (tertiary/aromatic N) is 2. The Morgan fingerprint density at radius 3 is 2.20 bits per heavy atom. The summed E-state index contributed by atoms with van der Waals surface area (Å²) in [7, 11) is 4.12. The lowest BCUT2D eigenvalue weighted by Crippen LogP contribution is -2.38. The molecule has 20 heavy (non-hydrogen) atoms. The second kappa shape index (κ2) is 6.85. The van der Waals surface area contributed by atoms with Gasteiger partial charge < -0.3 is 9.80 Å². The highest BCUT2D eigenvalue weighted by Crippen LogP contribution is 2.29. The molecular weight excluding hydrogens is 326 g/mol. The van der Waals surface area contributed by atoms with Crippen molar-refractivity contribution < 1.29 is 8.78 Å². The van der Waals surface area contributed by atoms with E-state index in [0.717, 1.165) is 32.5 Å². The van der Waals surface area contributed by atoms with E-state index in [-0.39, 0.29) is 5.69 Å². The molecule has 0 aliphatic carbocycles. The van der Waals surface area contributed by atoms with Crippen LogP contribution in [0.5, 0.6) is 0 Å². The van der Waals surface area contributed by atoms with Crippen LogP contribution in [0.2, 0.25) is 0 Å². The normalized spacial score (nSPS) is 17.0. The number of hydrogen-bond donors (Lipinski definition) is 0. The summed E-state index contributed by atoms with van der Waals surface area (Å²) >= 11 is 3.23. The zero-order valence-corrected chi connectivity index (χ0v) is 13.6. The monoisotopic (exact) mass is 346 g/mol. The Morgan fingerprint density at radius 1 is 1.20 bits per heavy atom. The molecule has 0 spiro atoms. The van der Waals surface area contributed by atoms with Gasteiger partial charge in [-0.3, -0.25) is 0 Å². The van der Waals surface area contributed by atoms with Crippen LogP contribution in [0.15, 0.2) is 12.1 Å². The van der Waals surface area contributed by atoms with Gasteiger partial charge in [0, 0.05) is 25.0 Å². The number of rotatable bonds is 4. The standard InChI is InChI=1S/C15H21BrF2N2/c1-19(2)10-11-3-5-20(6-4-11)15-13(17)7-12(9-16)8-14(15)18/h7-8,11H,3-6,9-10H2,1-2H3. The average Bonchev–Trinajstić information content (AvgIpc) is 2.39. The molecule has 0 aromatic heterocycles. The van der Waals surface area contributed by atoms with E-state index >= 15 is 0 Å². The maximum Gasteiger partial charge on any atom is 0.149 e. The molecule has 1 aromatic carbocycles. The highest BCUT2D eigenvalue weighted by molar-refractivity contribution is 9.08. The van der Waals surface area contributed by atoms with E-state index < -0.39 is 11.6 Å². The predicted molar refractivity (Wildman–Crippen MR) is 82.5 cm³/mol. The fourth-order valence-electron chi connectivity index (χ4n) is 2.85. The Hall–Kier alpha value is -0.680. The minimum absolute atomic E-state index is 0.137. The molecule has 0 amide bonds. The van der Waals surface area contributed by atoms with Crippen LogP contribution in [0.25, 0.3) is 0 Å². The number of alkyl halides is 1. The molecule has 0 bridgehead atoms. The van der Waals surface area contributed by atoms with Crippen LogP contribution in [-0.4, -0.2) is 38.6 Å². The second-order valence-electron chi connectivity index (χ2n) is 5.73. The van der Waals surface area contributed by atoms with Crippen molar-refractivity contribution in [2.45, 2.75) is 18.2 Å². The maximum atomic E-state index is 14.1. The van der Waals surface area contributed by atoms with Gasteiger partial charge in [0.2, 0.25) is 0 Å². The van der Waals surface area contributed by atoms with Gasteiger partial charge in [-0.2, -0.15) is 0 Å². The van der Waals surface area contributed by atoms with Crippen LogP contribution in [-0.2, 0) is 5.33 Å². The third kappa shape index (κ3) is 3.70. The number of anilines is 1. The van der Waals surface area contributed by atoms with Gasteiger partial charge in [-0.05, 0) is 50.6 Å². The molecule has 0 atom stereocenters.